The Morgan fingerprint density at radius 2 is 1.90 bits per heavy atom. The molecule has 31 heavy (non-hydrogen) atoms. The summed E-state index contributed by atoms with van der Waals surface area (Å²) in [4.78, 5) is 21.4. The third-order valence-electron chi connectivity index (χ3n) is 5.06. The number of sulfonamides is 1. The van der Waals surface area contributed by atoms with Gasteiger partial charge in [-0.05, 0) is 30.3 Å². The van der Waals surface area contributed by atoms with Crippen molar-refractivity contribution in [3.8, 4) is 0 Å². The molecule has 0 saturated heterocycles. The molecule has 2 heterocycles. The summed E-state index contributed by atoms with van der Waals surface area (Å²) in [5.74, 6) is -0.137. The molecular formula is C21H23N5O3S2. The monoisotopic (exact) mass is 457 g/mol. The van der Waals surface area contributed by atoms with E-state index in [0.29, 0.717) is 30.3 Å². The molecule has 1 amide bonds. The van der Waals surface area contributed by atoms with Gasteiger partial charge in [-0.1, -0.05) is 37.3 Å². The zero-order valence-corrected chi connectivity index (χ0v) is 18.9. The summed E-state index contributed by atoms with van der Waals surface area (Å²) in [5, 5.41) is 3.42. The van der Waals surface area contributed by atoms with Gasteiger partial charge in [0.25, 0.3) is 0 Å². The zero-order valence-electron chi connectivity index (χ0n) is 17.3. The van der Waals surface area contributed by atoms with Gasteiger partial charge >= 0.3 is 0 Å². The average Bonchev–Trinajstić information content (AvgIpc) is 3.35. The molecule has 162 valence electrons. The van der Waals surface area contributed by atoms with Gasteiger partial charge < -0.3 is 9.88 Å². The molecule has 1 N–H and O–H groups in total. The van der Waals surface area contributed by atoms with Crippen LogP contribution >= 0.6 is 11.3 Å². The first-order valence-electron chi connectivity index (χ1n) is 10.0. The van der Waals surface area contributed by atoms with Crippen molar-refractivity contribution in [1.82, 2.24) is 18.8 Å². The molecule has 0 aliphatic rings. The van der Waals surface area contributed by atoms with Gasteiger partial charge in [0, 0.05) is 26.1 Å². The van der Waals surface area contributed by atoms with Crippen LogP contribution in [-0.4, -0.2) is 46.3 Å². The van der Waals surface area contributed by atoms with Crippen molar-refractivity contribution in [2.45, 2.75) is 31.7 Å². The van der Waals surface area contributed by atoms with Crippen LogP contribution in [0, 0.1) is 0 Å². The number of aromatic nitrogens is 3. The second-order valence-corrected chi connectivity index (χ2v) is 9.93. The second kappa shape index (κ2) is 8.74. The number of hydrogen-bond donors (Lipinski definition) is 1. The molecule has 0 atom stereocenters. The molecular weight excluding hydrogens is 434 g/mol. The smallest absolute Gasteiger partial charge is 0.243 e. The Morgan fingerprint density at radius 3 is 2.65 bits per heavy atom. The molecule has 10 heteroatoms. The predicted molar refractivity (Wildman–Crippen MR) is 123 cm³/mol. The molecule has 4 aromatic rings. The lowest BCUT2D eigenvalue weighted by molar-refractivity contribution is -0.116. The van der Waals surface area contributed by atoms with Gasteiger partial charge in [-0.3, -0.25) is 4.79 Å². The molecule has 0 unspecified atom stereocenters. The Morgan fingerprint density at radius 1 is 1.13 bits per heavy atom. The number of nitrogens with zero attached hydrogens (tertiary/aromatic N) is 4. The lowest BCUT2D eigenvalue weighted by atomic mass is 10.3. The Balaban J connectivity index is 1.46. The van der Waals surface area contributed by atoms with E-state index in [-0.39, 0.29) is 17.2 Å². The van der Waals surface area contributed by atoms with Crippen LogP contribution < -0.4 is 5.32 Å². The largest absolute Gasteiger partial charge is 0.330 e. The second-order valence-electron chi connectivity index (χ2n) is 6.96. The van der Waals surface area contributed by atoms with Crippen LogP contribution in [0.25, 0.3) is 21.3 Å². The quantitative estimate of drug-likeness (QED) is 0.435. The predicted octanol–water partition coefficient (Wildman–Crippen LogP) is 3.71. The van der Waals surface area contributed by atoms with Crippen LogP contribution in [0.5, 0.6) is 0 Å². The maximum atomic E-state index is 12.7. The van der Waals surface area contributed by atoms with Crippen molar-refractivity contribution in [1.29, 1.82) is 0 Å². The topological polar surface area (TPSA) is 97.2 Å². The minimum atomic E-state index is -3.54. The number of benzene rings is 2. The maximum absolute atomic E-state index is 12.7. The molecule has 0 aliphatic heterocycles. The highest BCUT2D eigenvalue weighted by Crippen LogP contribution is 2.25. The summed E-state index contributed by atoms with van der Waals surface area (Å²) in [6.45, 7) is 4.88. The number of hydrogen-bond acceptors (Lipinski definition) is 6. The number of rotatable bonds is 8. The third kappa shape index (κ3) is 4.32. The molecule has 0 bridgehead atoms. The van der Waals surface area contributed by atoms with Crippen LogP contribution in [0.3, 0.4) is 0 Å². The summed E-state index contributed by atoms with van der Waals surface area (Å²) in [6, 6.07) is 12.6. The van der Waals surface area contributed by atoms with Gasteiger partial charge in [-0.25, -0.2) is 18.4 Å². The number of fused-ring (bicyclic) bond motifs is 2. The first kappa shape index (κ1) is 21.4. The Bertz CT molecular complexity index is 1310. The van der Waals surface area contributed by atoms with E-state index < -0.39 is 10.0 Å². The van der Waals surface area contributed by atoms with Crippen molar-refractivity contribution in [3.05, 3.63) is 48.8 Å². The average molecular weight is 458 g/mol. The lowest BCUT2D eigenvalue weighted by Crippen LogP contribution is -2.30. The van der Waals surface area contributed by atoms with Crippen LogP contribution in [0.15, 0.2) is 53.7 Å². The number of para-hydroxylation sites is 1. The Kier molecular flexibility index (Phi) is 6.03. The van der Waals surface area contributed by atoms with E-state index in [4.69, 9.17) is 0 Å². The molecule has 4 rings (SSSR count). The fourth-order valence-corrected chi connectivity index (χ4v) is 5.78. The van der Waals surface area contributed by atoms with Crippen LogP contribution in [0.2, 0.25) is 0 Å². The van der Waals surface area contributed by atoms with E-state index in [2.05, 4.69) is 15.3 Å². The number of carbonyl (C=O) groups is 1. The fraction of sp³-hybridized carbons (Fsp3) is 0.286. The summed E-state index contributed by atoms with van der Waals surface area (Å²) >= 11 is 1.44. The van der Waals surface area contributed by atoms with E-state index in [0.717, 1.165) is 15.7 Å². The van der Waals surface area contributed by atoms with E-state index >= 15 is 0 Å². The van der Waals surface area contributed by atoms with Gasteiger partial charge in [0.05, 0.1) is 32.5 Å². The molecule has 0 spiro atoms. The molecule has 0 aliphatic carbocycles. The van der Waals surface area contributed by atoms with E-state index in [9.17, 15) is 13.2 Å². The summed E-state index contributed by atoms with van der Waals surface area (Å²) in [5.41, 5.74) is 2.23. The molecule has 0 saturated carbocycles. The van der Waals surface area contributed by atoms with Gasteiger partial charge in [-0.2, -0.15) is 4.31 Å². The highest BCUT2D eigenvalue weighted by molar-refractivity contribution is 7.89. The molecule has 2 aromatic heterocycles. The van der Waals surface area contributed by atoms with Crippen molar-refractivity contribution < 1.29 is 13.2 Å². The highest BCUT2D eigenvalue weighted by atomic mass is 32.2. The number of thiazole rings is 1. The molecule has 2 aromatic carbocycles. The summed E-state index contributed by atoms with van der Waals surface area (Å²) < 4.78 is 29.7. The standard InChI is InChI=1S/C21H23N5O3S2/c1-3-26(4-2)31(28,29)15-9-10-18-17(13-15)22-14-25(18)12-11-20(27)24-21-23-16-7-5-6-8-19(16)30-21/h5-10,13-14H,3-4,11-12H2,1-2H3,(H,23,24,27). The SMILES string of the molecule is CCN(CC)S(=O)(=O)c1ccc2c(c1)ncn2CCC(=O)Nc1nc2ccccc2s1. The van der Waals surface area contributed by atoms with Crippen LogP contribution in [0.1, 0.15) is 20.3 Å². The first-order chi connectivity index (χ1) is 14.9. The lowest BCUT2D eigenvalue weighted by Gasteiger charge is -2.18. The Hall–Kier alpha value is -2.82. The molecule has 8 nitrogen and oxygen atoms in total. The maximum Gasteiger partial charge on any atom is 0.243 e. The van der Waals surface area contributed by atoms with E-state index in [1.807, 2.05) is 42.7 Å². The van der Waals surface area contributed by atoms with Gasteiger partial charge in [-0.15, -0.1) is 0 Å². The number of imidazole rings is 1. The number of amides is 1. The van der Waals surface area contributed by atoms with Gasteiger partial charge in [0.15, 0.2) is 5.13 Å². The van der Waals surface area contributed by atoms with Crippen LogP contribution in [0.4, 0.5) is 5.13 Å². The highest BCUT2D eigenvalue weighted by Gasteiger charge is 2.22. The normalized spacial score (nSPS) is 12.1. The number of nitrogens with one attached hydrogen (secondary N) is 1. The molecule has 0 radical (unpaired) electrons. The third-order valence-corrected chi connectivity index (χ3v) is 8.05. The van der Waals surface area contributed by atoms with Crippen molar-refractivity contribution in [2.24, 2.45) is 0 Å². The summed E-state index contributed by atoms with van der Waals surface area (Å²) in [7, 11) is -3.54. The van der Waals surface area contributed by atoms with Gasteiger partial charge in [0.2, 0.25) is 15.9 Å². The number of carbonyl (C=O) groups excluding carboxylic acids is 1. The van der Waals surface area contributed by atoms with Crippen molar-refractivity contribution in [2.75, 3.05) is 18.4 Å². The fourth-order valence-electron chi connectivity index (χ4n) is 3.42. The van der Waals surface area contributed by atoms with Crippen LogP contribution in [-0.2, 0) is 21.4 Å². The molecule has 0 fully saturated rings. The number of aryl methyl sites for hydroxylation is 1. The minimum absolute atomic E-state index is 0.137. The van der Waals surface area contributed by atoms with Crippen molar-refractivity contribution >= 4 is 53.6 Å². The first-order valence-corrected chi connectivity index (χ1v) is 12.3. The Labute approximate surface area is 184 Å². The summed E-state index contributed by atoms with van der Waals surface area (Å²) in [6.07, 6.45) is 1.88. The van der Waals surface area contributed by atoms with Gasteiger partial charge in [0.1, 0.15) is 0 Å². The van der Waals surface area contributed by atoms with E-state index in [1.165, 1.54) is 15.6 Å². The minimum Gasteiger partial charge on any atom is -0.330 e. The van der Waals surface area contributed by atoms with Crippen molar-refractivity contribution in [3.63, 3.8) is 0 Å². The van der Waals surface area contributed by atoms with E-state index in [1.54, 1.807) is 24.5 Å². The number of anilines is 1. The zero-order chi connectivity index (χ0) is 22.0.